The van der Waals surface area contributed by atoms with Gasteiger partial charge in [-0.3, -0.25) is 4.79 Å². The fourth-order valence-electron chi connectivity index (χ4n) is 3.47. The standard InChI is InChI=1S/C25H29I2N2O3.U/c1-5-20(6-2)32-22-8-7-16(11-19(22)15-28-4)17-9-10-27(3)23(13-17)29-24(30)14-18-12-21(18)25(26)31;/h7-11,13,18,20-21,25,31H,1-3,5-6,12,14H2,4H3,(H,29,30);/q-1;+2/t18-,21+,25?;/m0./s1. The van der Waals surface area contributed by atoms with E-state index in [2.05, 4.69) is 44.8 Å². The Labute approximate surface area is 240 Å². The van der Waals surface area contributed by atoms with Crippen molar-refractivity contribution >= 4 is 61.1 Å². The zero-order valence-corrected chi connectivity index (χ0v) is 27.2. The van der Waals surface area contributed by atoms with Gasteiger partial charge in [0.05, 0.1) is 3.63 Å². The molecule has 1 fully saturated rings. The molecule has 1 aliphatic heterocycles. The third-order valence-corrected chi connectivity index (χ3v) is 9.68. The Balaban J connectivity index is 0.00000385. The number of carbonyl (C=O) groups excluding carboxylic acids is 1. The first-order chi connectivity index (χ1) is 15.4. The maximum Gasteiger partial charge on any atom is 2.00 e. The molecule has 0 saturated heterocycles. The van der Waals surface area contributed by atoms with Crippen LogP contribution in [0.4, 0.5) is 0 Å². The zero-order chi connectivity index (χ0) is 23.3. The summed E-state index contributed by atoms with van der Waals surface area (Å²) in [4.78, 5) is 16.6. The Morgan fingerprint density at radius 1 is 1.45 bits per heavy atom. The van der Waals surface area contributed by atoms with Crippen LogP contribution in [0.25, 0.3) is 10.4 Å². The molecule has 0 bridgehead atoms. The summed E-state index contributed by atoms with van der Waals surface area (Å²) in [5.41, 5.74) is 2.76. The van der Waals surface area contributed by atoms with E-state index >= 15 is 0 Å². The number of aliphatic hydroxyl groups excluding tert-OH is 1. The molecule has 1 unspecified atom stereocenters. The smallest absolute Gasteiger partial charge is 0.494 e. The molecule has 0 aromatic heterocycles. The van der Waals surface area contributed by atoms with Crippen molar-refractivity contribution in [2.75, 3.05) is 7.05 Å². The number of aliphatic hydroxyl groups is 1. The average Bonchev–Trinajstić information content (AvgIpc) is 3.54. The van der Waals surface area contributed by atoms with Gasteiger partial charge in [-0.1, -0.05) is 38.0 Å². The van der Waals surface area contributed by atoms with Gasteiger partial charge in [0, 0.05) is 12.5 Å². The van der Waals surface area contributed by atoms with E-state index in [1.165, 1.54) is 0 Å². The first-order valence-corrected chi connectivity index (χ1v) is 15.6. The molecule has 174 valence electrons. The van der Waals surface area contributed by atoms with Crippen LogP contribution in [0.2, 0.25) is 0 Å². The second-order valence-corrected chi connectivity index (χ2v) is 13.2. The van der Waals surface area contributed by atoms with Crippen molar-refractivity contribution in [3.63, 3.8) is 0 Å². The Hall–Kier alpha value is -0.328. The second kappa shape index (κ2) is 13.7. The molecule has 3 rings (SSSR count). The van der Waals surface area contributed by atoms with Crippen molar-refractivity contribution in [2.45, 2.75) is 35.9 Å². The summed E-state index contributed by atoms with van der Waals surface area (Å²) < 4.78 is 13.0. The molecule has 1 amide bonds. The van der Waals surface area contributed by atoms with Gasteiger partial charge in [-0.05, 0) is 57.8 Å². The van der Waals surface area contributed by atoms with Gasteiger partial charge in [0.2, 0.25) is 5.91 Å². The average molecular weight is 897 g/mol. The van der Waals surface area contributed by atoms with Gasteiger partial charge in [0.25, 0.3) is 7.05 Å². The molecule has 0 spiro atoms. The summed E-state index contributed by atoms with van der Waals surface area (Å²) in [7, 11) is 1.68. The molecule has 5 nitrogen and oxygen atoms in total. The Bertz CT molecular complexity index is 1070. The minimum absolute atomic E-state index is 0. The summed E-state index contributed by atoms with van der Waals surface area (Å²) in [6, 6.07) is 8.92. The number of hydrogen-bond donors (Lipinski definition) is 2. The van der Waals surface area contributed by atoms with Crippen LogP contribution in [0, 0.1) is 62.9 Å². The first kappa shape index (κ1) is 28.9. The van der Waals surface area contributed by atoms with Crippen LogP contribution in [0.15, 0.2) is 34.4 Å². The topological polar surface area (TPSA) is 62.9 Å². The molecule has 1 aromatic carbocycles. The van der Waals surface area contributed by atoms with Crippen LogP contribution in [-0.2, 0) is 4.79 Å². The van der Waals surface area contributed by atoms with E-state index < -0.39 is 18.9 Å². The predicted molar refractivity (Wildman–Crippen MR) is 151 cm³/mol. The molecule has 3 atom stereocenters. The maximum absolute atomic E-state index is 12.5. The van der Waals surface area contributed by atoms with E-state index in [0.717, 1.165) is 26.8 Å². The van der Waals surface area contributed by atoms with Crippen LogP contribution >= 0.6 is 41.5 Å². The van der Waals surface area contributed by atoms with Crippen molar-refractivity contribution in [3.8, 4) is 11.8 Å². The number of nitrogens with zero attached hydrogens (tertiary/aromatic N) is 1. The summed E-state index contributed by atoms with van der Waals surface area (Å²) in [6.45, 7) is 7.83. The summed E-state index contributed by atoms with van der Waals surface area (Å²) >= 11 is 0.231. The minimum atomic E-state index is -1.79. The monoisotopic (exact) mass is 897 g/mol. The third kappa shape index (κ3) is 8.10. The van der Waals surface area contributed by atoms with E-state index in [0.29, 0.717) is 25.0 Å². The summed E-state index contributed by atoms with van der Waals surface area (Å²) in [6.07, 6.45) is 6.68. The first-order valence-electron chi connectivity index (χ1n) is 10.5. The number of carbonyl (C=O) groups is 1. The summed E-state index contributed by atoms with van der Waals surface area (Å²) in [5, 5.41) is 12.8. The van der Waals surface area contributed by atoms with Crippen molar-refractivity contribution < 1.29 is 45.8 Å². The van der Waals surface area contributed by atoms with Gasteiger partial charge in [0.15, 0.2) is 0 Å². The van der Waals surface area contributed by atoms with Gasteiger partial charge in [-0.25, -0.2) is 0 Å². The summed E-state index contributed by atoms with van der Waals surface area (Å²) in [5.74, 6) is 1.22. The van der Waals surface area contributed by atoms with Gasteiger partial charge >= 0.3 is 37.2 Å². The molecule has 2 N–H and O–H groups in total. The minimum Gasteiger partial charge on any atom is -0.494 e. The van der Waals surface area contributed by atoms with Gasteiger partial charge in [-0.15, -0.1) is 31.7 Å². The zero-order valence-electron chi connectivity index (χ0n) is 18.7. The van der Waals surface area contributed by atoms with Crippen LogP contribution in [0.5, 0.6) is 5.75 Å². The molecule has 0 radical (unpaired) electrons. The number of allylic oxidation sites excluding steroid dienone is 2. The molecule has 1 saturated carbocycles. The SMILES string of the molecule is C=I1=C(NC(=O)C[C@@H]2C[C@H]2C(O)I)C=C(c2ccc(OC(C[CH2-])C[CH2-])c(C#[N+]C)c2)C=C1.[U+2]. The van der Waals surface area contributed by atoms with Crippen LogP contribution in [0.3, 0.4) is 0 Å². The Morgan fingerprint density at radius 2 is 2.18 bits per heavy atom. The van der Waals surface area contributed by atoms with Gasteiger partial charge in [-0.2, -0.15) is 0 Å². The molecule has 33 heavy (non-hydrogen) atoms. The number of benzene rings is 1. The van der Waals surface area contributed by atoms with Gasteiger partial charge < -0.3 is 29.0 Å². The second-order valence-electron chi connectivity index (χ2n) is 7.79. The van der Waals surface area contributed by atoms with E-state index in [9.17, 15) is 9.90 Å². The Morgan fingerprint density at radius 3 is 2.79 bits per heavy atom. The number of rotatable bonds is 9. The third-order valence-electron chi connectivity index (χ3n) is 5.46. The Kier molecular flexibility index (Phi) is 12.0. The molecule has 8 heteroatoms. The van der Waals surface area contributed by atoms with Crippen LogP contribution in [0.1, 0.15) is 36.8 Å². The van der Waals surface area contributed by atoms with Gasteiger partial charge in [0.1, 0.15) is 15.4 Å². The van der Waals surface area contributed by atoms with Crippen molar-refractivity contribution in [3.05, 3.63) is 64.3 Å². The fourth-order valence-corrected chi connectivity index (χ4v) is 6.94. The fraction of sp³-hybridized carbons (Fsp3) is 0.360. The van der Waals surface area contributed by atoms with Crippen molar-refractivity contribution in [2.24, 2.45) is 11.8 Å². The van der Waals surface area contributed by atoms with E-state index in [4.69, 9.17) is 4.74 Å². The largest absolute Gasteiger partial charge is 2.00 e. The molecule has 1 aliphatic carbocycles. The quantitative estimate of drug-likeness (QED) is 0.207. The number of alkyl halides is 1. The van der Waals surface area contributed by atoms with Crippen LogP contribution in [-0.4, -0.2) is 36.4 Å². The van der Waals surface area contributed by atoms with E-state index in [1.807, 2.05) is 46.9 Å². The number of ether oxygens (including phenoxy) is 1. The molecular weight excluding hydrogens is 868 g/mol. The molecule has 1 aromatic rings. The predicted octanol–water partition coefficient (Wildman–Crippen LogP) is 5.07. The van der Waals surface area contributed by atoms with Crippen LogP contribution < -0.4 is 10.1 Å². The molecule has 1 heterocycles. The number of amides is 1. The van der Waals surface area contributed by atoms with Crippen molar-refractivity contribution in [1.29, 1.82) is 0 Å². The van der Waals surface area contributed by atoms with E-state index in [1.54, 1.807) is 7.05 Å². The molecular formula is C25H29I2N2O3U+. The van der Waals surface area contributed by atoms with E-state index in [-0.39, 0.29) is 59.1 Å². The maximum atomic E-state index is 12.5. The van der Waals surface area contributed by atoms with Crippen molar-refractivity contribution in [1.82, 2.24) is 5.32 Å². The number of hydrogen-bond acceptors (Lipinski definition) is 3. The number of nitrogens with one attached hydrogen (secondary N) is 1. The molecule has 2 aliphatic rings. The normalized spacial score (nSPS) is 20.3. The number of halogens is 2.